The van der Waals surface area contributed by atoms with E-state index in [2.05, 4.69) is 4.98 Å². The molecule has 0 saturated carbocycles. The lowest BCUT2D eigenvalue weighted by Crippen LogP contribution is -1.99. The molecule has 16 heavy (non-hydrogen) atoms. The first-order valence-electron chi connectivity index (χ1n) is 4.39. The first-order valence-corrected chi connectivity index (χ1v) is 5.20. The van der Waals surface area contributed by atoms with Gasteiger partial charge in [0, 0.05) is 23.0 Å². The number of benzene rings is 1. The summed E-state index contributed by atoms with van der Waals surface area (Å²) < 4.78 is 38.1. The molecule has 0 fully saturated rings. The number of rotatable bonds is 2. The zero-order valence-corrected chi connectivity index (χ0v) is 8.79. The average Bonchev–Trinajstić information content (AvgIpc) is 2.68. The molecule has 0 aliphatic heterocycles. The summed E-state index contributed by atoms with van der Waals surface area (Å²) in [7, 11) is 0. The summed E-state index contributed by atoms with van der Waals surface area (Å²) in [6.45, 7) is 0. The third-order valence-electron chi connectivity index (χ3n) is 1.85. The Balaban J connectivity index is 2.27. The number of hydrogen-bond donors (Lipinski definition) is 0. The van der Waals surface area contributed by atoms with Crippen LogP contribution in [0.4, 0.5) is 13.2 Å². The molecule has 0 atom stereocenters. The van der Waals surface area contributed by atoms with Crippen LogP contribution in [0.2, 0.25) is 0 Å². The van der Waals surface area contributed by atoms with E-state index in [0.29, 0.717) is 5.69 Å². The van der Waals surface area contributed by atoms with Gasteiger partial charge in [-0.25, -0.2) is 4.98 Å². The Labute approximate surface area is 94.1 Å². The Morgan fingerprint density at radius 2 is 2.06 bits per heavy atom. The van der Waals surface area contributed by atoms with Gasteiger partial charge in [-0.3, -0.25) is 0 Å². The number of alkyl halides is 3. The van der Waals surface area contributed by atoms with Gasteiger partial charge in [0.2, 0.25) is 0 Å². The highest BCUT2D eigenvalue weighted by molar-refractivity contribution is 8.00. The minimum Gasteiger partial charge on any atom is -0.306 e. The van der Waals surface area contributed by atoms with Gasteiger partial charge in [-0.1, -0.05) is 6.07 Å². The van der Waals surface area contributed by atoms with Gasteiger partial charge in [0.25, 0.3) is 0 Å². The molecule has 2 rings (SSSR count). The van der Waals surface area contributed by atoms with Gasteiger partial charge in [0.15, 0.2) is 0 Å². The lowest BCUT2D eigenvalue weighted by atomic mass is 10.3. The first kappa shape index (κ1) is 11.1. The smallest absolute Gasteiger partial charge is 0.306 e. The van der Waals surface area contributed by atoms with Crippen molar-refractivity contribution >= 4 is 11.8 Å². The SMILES string of the molecule is FC(F)(F)Sc1cccc(-n2ccnc2)c1. The van der Waals surface area contributed by atoms with Crippen LogP contribution < -0.4 is 0 Å². The monoisotopic (exact) mass is 244 g/mol. The molecule has 0 radical (unpaired) electrons. The van der Waals surface area contributed by atoms with Crippen molar-refractivity contribution in [3.8, 4) is 5.69 Å². The Hall–Kier alpha value is -1.43. The van der Waals surface area contributed by atoms with Crippen molar-refractivity contribution in [2.75, 3.05) is 0 Å². The summed E-state index contributed by atoms with van der Waals surface area (Å²) in [5.41, 5.74) is -3.60. The molecule has 0 unspecified atom stereocenters. The highest BCUT2D eigenvalue weighted by Crippen LogP contribution is 2.37. The minimum atomic E-state index is -4.26. The van der Waals surface area contributed by atoms with E-state index in [9.17, 15) is 13.2 Å². The van der Waals surface area contributed by atoms with Crippen molar-refractivity contribution < 1.29 is 13.2 Å². The lowest BCUT2D eigenvalue weighted by Gasteiger charge is -2.07. The first-order chi connectivity index (χ1) is 7.54. The number of thioether (sulfide) groups is 1. The molecule has 2 nitrogen and oxygen atoms in total. The summed E-state index contributed by atoms with van der Waals surface area (Å²) in [4.78, 5) is 4.00. The van der Waals surface area contributed by atoms with Crippen LogP contribution in [0.1, 0.15) is 0 Å². The van der Waals surface area contributed by atoms with E-state index in [1.54, 1.807) is 29.1 Å². The summed E-state index contributed by atoms with van der Waals surface area (Å²) >= 11 is -0.122. The molecule has 0 saturated heterocycles. The van der Waals surface area contributed by atoms with Crippen LogP contribution in [-0.4, -0.2) is 15.1 Å². The van der Waals surface area contributed by atoms with Crippen LogP contribution in [0.15, 0.2) is 47.9 Å². The highest BCUT2D eigenvalue weighted by atomic mass is 32.2. The molecule has 1 aromatic heterocycles. The molecule has 84 valence electrons. The molecule has 0 amide bonds. The topological polar surface area (TPSA) is 17.8 Å². The quantitative estimate of drug-likeness (QED) is 0.752. The second-order valence-electron chi connectivity index (χ2n) is 3.02. The van der Waals surface area contributed by atoms with Crippen molar-refractivity contribution in [3.05, 3.63) is 43.0 Å². The largest absolute Gasteiger partial charge is 0.446 e. The fourth-order valence-corrected chi connectivity index (χ4v) is 1.85. The molecule has 2 aromatic rings. The minimum absolute atomic E-state index is 0.122. The maximum Gasteiger partial charge on any atom is 0.446 e. The van der Waals surface area contributed by atoms with Gasteiger partial charge >= 0.3 is 5.51 Å². The predicted octanol–water partition coefficient (Wildman–Crippen LogP) is 3.48. The molecule has 0 aliphatic carbocycles. The maximum atomic E-state index is 12.2. The zero-order chi connectivity index (χ0) is 11.6. The summed E-state index contributed by atoms with van der Waals surface area (Å²) in [5.74, 6) is 0. The summed E-state index contributed by atoms with van der Waals surface area (Å²) in [5, 5.41) is 0. The number of hydrogen-bond acceptors (Lipinski definition) is 2. The molecule has 1 heterocycles. The van der Waals surface area contributed by atoms with Crippen LogP contribution >= 0.6 is 11.8 Å². The molecule has 0 aliphatic rings. The van der Waals surface area contributed by atoms with Gasteiger partial charge in [0.1, 0.15) is 0 Å². The van der Waals surface area contributed by atoms with Crippen LogP contribution in [0.25, 0.3) is 5.69 Å². The number of imidazole rings is 1. The van der Waals surface area contributed by atoms with Gasteiger partial charge in [-0.05, 0) is 30.0 Å². The van der Waals surface area contributed by atoms with Gasteiger partial charge < -0.3 is 4.57 Å². The average molecular weight is 244 g/mol. The van der Waals surface area contributed by atoms with E-state index in [1.165, 1.54) is 18.5 Å². The third-order valence-corrected chi connectivity index (χ3v) is 2.57. The number of halogens is 3. The Kier molecular flexibility index (Phi) is 2.91. The summed E-state index contributed by atoms with van der Waals surface area (Å²) in [6, 6.07) is 6.21. The highest BCUT2D eigenvalue weighted by Gasteiger charge is 2.29. The van der Waals surface area contributed by atoms with E-state index in [4.69, 9.17) is 0 Å². The Morgan fingerprint density at radius 3 is 2.69 bits per heavy atom. The van der Waals surface area contributed by atoms with Crippen molar-refractivity contribution in [1.82, 2.24) is 9.55 Å². The maximum absolute atomic E-state index is 12.2. The van der Waals surface area contributed by atoms with Crippen molar-refractivity contribution in [2.45, 2.75) is 10.4 Å². The Bertz CT molecular complexity index is 465. The zero-order valence-electron chi connectivity index (χ0n) is 7.98. The fraction of sp³-hybridized carbons (Fsp3) is 0.100. The van der Waals surface area contributed by atoms with Gasteiger partial charge in [0.05, 0.1) is 6.33 Å². The molecule has 0 spiro atoms. The Morgan fingerprint density at radius 1 is 1.25 bits per heavy atom. The summed E-state index contributed by atoms with van der Waals surface area (Å²) in [6.07, 6.45) is 4.79. The third kappa shape index (κ3) is 2.79. The normalized spacial score (nSPS) is 11.7. The molecule has 6 heteroatoms. The molecule has 1 aromatic carbocycles. The molecular formula is C10H7F3N2S. The number of nitrogens with zero attached hydrogens (tertiary/aromatic N) is 2. The van der Waals surface area contributed by atoms with Crippen LogP contribution in [0, 0.1) is 0 Å². The van der Waals surface area contributed by atoms with E-state index in [-0.39, 0.29) is 16.7 Å². The van der Waals surface area contributed by atoms with Crippen molar-refractivity contribution in [2.24, 2.45) is 0 Å². The van der Waals surface area contributed by atoms with Crippen LogP contribution in [0.3, 0.4) is 0 Å². The van der Waals surface area contributed by atoms with Crippen LogP contribution in [0.5, 0.6) is 0 Å². The van der Waals surface area contributed by atoms with Gasteiger partial charge in [-0.15, -0.1) is 0 Å². The van der Waals surface area contributed by atoms with E-state index >= 15 is 0 Å². The van der Waals surface area contributed by atoms with Crippen LogP contribution in [-0.2, 0) is 0 Å². The second kappa shape index (κ2) is 4.21. The van der Waals surface area contributed by atoms with Gasteiger partial charge in [-0.2, -0.15) is 13.2 Å². The lowest BCUT2D eigenvalue weighted by molar-refractivity contribution is -0.0328. The predicted molar refractivity (Wildman–Crippen MR) is 55.5 cm³/mol. The fourth-order valence-electron chi connectivity index (χ4n) is 1.25. The van der Waals surface area contributed by atoms with Crippen molar-refractivity contribution in [3.63, 3.8) is 0 Å². The number of aromatic nitrogens is 2. The van der Waals surface area contributed by atoms with E-state index in [1.807, 2.05) is 0 Å². The van der Waals surface area contributed by atoms with E-state index < -0.39 is 5.51 Å². The van der Waals surface area contributed by atoms with E-state index in [0.717, 1.165) is 0 Å². The molecular weight excluding hydrogens is 237 g/mol. The van der Waals surface area contributed by atoms with Crippen molar-refractivity contribution in [1.29, 1.82) is 0 Å². The standard InChI is InChI=1S/C10H7F3N2S/c11-10(12,13)16-9-3-1-2-8(6-9)15-5-4-14-7-15/h1-7H. The second-order valence-corrected chi connectivity index (χ2v) is 4.15. The molecule has 0 N–H and O–H groups in total. The molecule has 0 bridgehead atoms.